The Morgan fingerprint density at radius 1 is 1.53 bits per heavy atom. The number of hydrogen-bond donors (Lipinski definition) is 1. The number of ether oxygens (including phenoxy) is 2. The van der Waals surface area contributed by atoms with E-state index in [1.54, 1.807) is 6.20 Å². The lowest BCUT2D eigenvalue weighted by Gasteiger charge is -2.26. The van der Waals surface area contributed by atoms with Crippen molar-refractivity contribution < 1.29 is 9.47 Å². The van der Waals surface area contributed by atoms with E-state index in [4.69, 9.17) is 15.2 Å². The Balaban J connectivity index is 2.04. The maximum absolute atomic E-state index is 5.92. The van der Waals surface area contributed by atoms with E-state index in [-0.39, 0.29) is 6.10 Å². The summed E-state index contributed by atoms with van der Waals surface area (Å²) in [7, 11) is 0. The molecule has 1 saturated heterocycles. The largest absolute Gasteiger partial charge is 0.398 e. The van der Waals surface area contributed by atoms with Crippen molar-refractivity contribution in [1.82, 2.24) is 4.98 Å². The van der Waals surface area contributed by atoms with Gasteiger partial charge in [-0.3, -0.25) is 4.98 Å². The zero-order chi connectivity index (χ0) is 10.8. The molecule has 2 rings (SSSR count). The van der Waals surface area contributed by atoms with Crippen LogP contribution < -0.4 is 5.73 Å². The maximum atomic E-state index is 5.92. The van der Waals surface area contributed by atoms with E-state index >= 15 is 0 Å². The monoisotopic (exact) mass is 208 g/mol. The number of aromatic nitrogens is 1. The molecular formula is C11H16N2O2. The molecule has 0 amide bonds. The number of hydrogen-bond acceptors (Lipinski definition) is 4. The number of pyridine rings is 1. The van der Waals surface area contributed by atoms with E-state index in [9.17, 15) is 0 Å². The van der Waals surface area contributed by atoms with E-state index in [1.165, 1.54) is 0 Å². The number of nitrogens with two attached hydrogens (primary N) is 1. The fourth-order valence-corrected chi connectivity index (χ4v) is 1.44. The molecule has 1 fully saturated rings. The summed E-state index contributed by atoms with van der Waals surface area (Å²) in [5.74, 6) is 0. The van der Waals surface area contributed by atoms with Gasteiger partial charge in [0.25, 0.3) is 0 Å². The van der Waals surface area contributed by atoms with Crippen LogP contribution in [0.15, 0.2) is 6.20 Å². The van der Waals surface area contributed by atoms with Gasteiger partial charge < -0.3 is 15.2 Å². The molecule has 1 aromatic heterocycles. The molecule has 4 nitrogen and oxygen atoms in total. The number of aryl methyl sites for hydroxylation is 1. The first-order valence-corrected chi connectivity index (χ1v) is 5.08. The van der Waals surface area contributed by atoms with Crippen LogP contribution in [0.2, 0.25) is 0 Å². The molecule has 1 aromatic rings. The van der Waals surface area contributed by atoms with Crippen molar-refractivity contribution in [2.45, 2.75) is 26.6 Å². The van der Waals surface area contributed by atoms with Crippen LogP contribution in [0.3, 0.4) is 0 Å². The Hall–Kier alpha value is -1.13. The van der Waals surface area contributed by atoms with Crippen molar-refractivity contribution in [1.29, 1.82) is 0 Å². The second kappa shape index (κ2) is 4.16. The highest BCUT2D eigenvalue weighted by molar-refractivity contribution is 5.53. The second-order valence-corrected chi connectivity index (χ2v) is 3.90. The van der Waals surface area contributed by atoms with E-state index in [1.807, 2.05) is 13.8 Å². The molecule has 0 aliphatic carbocycles. The van der Waals surface area contributed by atoms with Gasteiger partial charge in [0.2, 0.25) is 0 Å². The van der Waals surface area contributed by atoms with Crippen molar-refractivity contribution in [3.63, 3.8) is 0 Å². The molecule has 0 aromatic carbocycles. The number of anilines is 1. The van der Waals surface area contributed by atoms with Crippen LogP contribution in [0.1, 0.15) is 16.8 Å². The molecule has 0 atom stereocenters. The van der Waals surface area contributed by atoms with Gasteiger partial charge in [-0.25, -0.2) is 0 Å². The lowest BCUT2D eigenvalue weighted by atomic mass is 10.1. The summed E-state index contributed by atoms with van der Waals surface area (Å²) < 4.78 is 10.6. The SMILES string of the molecule is Cc1cnc(COC2COC2)c(C)c1N. The Labute approximate surface area is 89.4 Å². The lowest BCUT2D eigenvalue weighted by Crippen LogP contribution is -2.36. The van der Waals surface area contributed by atoms with Crippen molar-refractivity contribution in [2.75, 3.05) is 18.9 Å². The standard InChI is InChI=1S/C11H16N2O2/c1-7-3-13-10(8(2)11(7)12)6-15-9-4-14-5-9/h3,9H,4-6H2,1-2H3,(H2,12,13). The van der Waals surface area contributed by atoms with E-state index in [0.717, 1.165) is 22.5 Å². The average Bonchev–Trinajstić information content (AvgIpc) is 2.15. The van der Waals surface area contributed by atoms with Gasteiger partial charge in [-0.05, 0) is 25.0 Å². The average molecular weight is 208 g/mol. The quantitative estimate of drug-likeness (QED) is 0.810. The van der Waals surface area contributed by atoms with Crippen LogP contribution in [0.4, 0.5) is 5.69 Å². The topological polar surface area (TPSA) is 57.4 Å². The van der Waals surface area contributed by atoms with Crippen LogP contribution >= 0.6 is 0 Å². The van der Waals surface area contributed by atoms with Gasteiger partial charge in [0.1, 0.15) is 6.10 Å². The zero-order valence-corrected chi connectivity index (χ0v) is 9.12. The molecule has 2 N–H and O–H groups in total. The number of rotatable bonds is 3. The fourth-order valence-electron chi connectivity index (χ4n) is 1.44. The minimum atomic E-state index is 0.230. The molecule has 4 heteroatoms. The summed E-state index contributed by atoms with van der Waals surface area (Å²) in [5, 5.41) is 0. The van der Waals surface area contributed by atoms with Crippen LogP contribution in [-0.2, 0) is 16.1 Å². The maximum Gasteiger partial charge on any atom is 0.105 e. The normalized spacial score (nSPS) is 16.4. The molecule has 0 unspecified atom stereocenters. The molecule has 1 aliphatic heterocycles. The fraction of sp³-hybridized carbons (Fsp3) is 0.545. The molecule has 0 radical (unpaired) electrons. The number of nitrogen functional groups attached to an aromatic ring is 1. The van der Waals surface area contributed by atoms with Gasteiger partial charge in [0, 0.05) is 11.9 Å². The third-order valence-electron chi connectivity index (χ3n) is 2.74. The predicted octanol–water partition coefficient (Wildman–Crippen LogP) is 1.20. The van der Waals surface area contributed by atoms with Gasteiger partial charge in [-0.15, -0.1) is 0 Å². The van der Waals surface area contributed by atoms with Gasteiger partial charge in [0.15, 0.2) is 0 Å². The molecule has 2 heterocycles. The van der Waals surface area contributed by atoms with Gasteiger partial charge in [-0.2, -0.15) is 0 Å². The third kappa shape index (κ3) is 2.11. The first-order valence-electron chi connectivity index (χ1n) is 5.08. The van der Waals surface area contributed by atoms with Crippen LogP contribution in [0.25, 0.3) is 0 Å². The smallest absolute Gasteiger partial charge is 0.105 e. The highest BCUT2D eigenvalue weighted by atomic mass is 16.6. The molecule has 0 bridgehead atoms. The van der Waals surface area contributed by atoms with E-state index < -0.39 is 0 Å². The Morgan fingerprint density at radius 2 is 2.27 bits per heavy atom. The van der Waals surface area contributed by atoms with E-state index in [0.29, 0.717) is 19.8 Å². The Kier molecular flexibility index (Phi) is 2.88. The van der Waals surface area contributed by atoms with Crippen molar-refractivity contribution in [3.8, 4) is 0 Å². The minimum Gasteiger partial charge on any atom is -0.398 e. The second-order valence-electron chi connectivity index (χ2n) is 3.90. The summed E-state index contributed by atoms with van der Waals surface area (Å²) in [6, 6.07) is 0. The van der Waals surface area contributed by atoms with Crippen LogP contribution in [-0.4, -0.2) is 24.3 Å². The Bertz CT molecular complexity index is 362. The van der Waals surface area contributed by atoms with E-state index in [2.05, 4.69) is 4.98 Å². The molecule has 0 saturated carbocycles. The predicted molar refractivity (Wildman–Crippen MR) is 57.5 cm³/mol. The van der Waals surface area contributed by atoms with Crippen LogP contribution in [0, 0.1) is 13.8 Å². The van der Waals surface area contributed by atoms with Crippen molar-refractivity contribution >= 4 is 5.69 Å². The summed E-state index contributed by atoms with van der Waals surface area (Å²) >= 11 is 0. The molecule has 1 aliphatic rings. The summed E-state index contributed by atoms with van der Waals surface area (Å²) in [6.07, 6.45) is 2.02. The minimum absolute atomic E-state index is 0.230. The summed E-state index contributed by atoms with van der Waals surface area (Å²) in [4.78, 5) is 4.32. The summed E-state index contributed by atoms with van der Waals surface area (Å²) in [5.41, 5.74) is 9.69. The highest BCUT2D eigenvalue weighted by Crippen LogP contribution is 2.19. The Morgan fingerprint density at radius 3 is 2.87 bits per heavy atom. The van der Waals surface area contributed by atoms with Crippen LogP contribution in [0.5, 0.6) is 0 Å². The first-order chi connectivity index (χ1) is 7.18. The molecule has 0 spiro atoms. The van der Waals surface area contributed by atoms with Gasteiger partial charge in [0.05, 0.1) is 25.5 Å². The molecular weight excluding hydrogens is 192 g/mol. The van der Waals surface area contributed by atoms with Gasteiger partial charge >= 0.3 is 0 Å². The zero-order valence-electron chi connectivity index (χ0n) is 9.12. The van der Waals surface area contributed by atoms with Gasteiger partial charge in [-0.1, -0.05) is 0 Å². The molecule has 82 valence electrons. The molecule has 15 heavy (non-hydrogen) atoms. The number of nitrogens with zero attached hydrogens (tertiary/aromatic N) is 1. The van der Waals surface area contributed by atoms with Crippen molar-refractivity contribution in [3.05, 3.63) is 23.0 Å². The first kappa shape index (κ1) is 10.4. The highest BCUT2D eigenvalue weighted by Gasteiger charge is 2.19. The third-order valence-corrected chi connectivity index (χ3v) is 2.74. The lowest BCUT2D eigenvalue weighted by molar-refractivity contribution is -0.136. The summed E-state index contributed by atoms with van der Waals surface area (Å²) in [6.45, 7) is 5.84. The van der Waals surface area contributed by atoms with Crippen molar-refractivity contribution in [2.24, 2.45) is 0 Å².